The van der Waals surface area contributed by atoms with E-state index in [1.165, 1.54) is 5.56 Å². The summed E-state index contributed by atoms with van der Waals surface area (Å²) < 4.78 is 11.0. The quantitative estimate of drug-likeness (QED) is 0.305. The van der Waals surface area contributed by atoms with Gasteiger partial charge in [0.25, 0.3) is 0 Å². The van der Waals surface area contributed by atoms with Crippen LogP contribution in [-0.2, 0) is 16.0 Å². The maximum absolute atomic E-state index is 12.4. The minimum Gasteiger partial charge on any atom is -0.455 e. The predicted molar refractivity (Wildman–Crippen MR) is 112 cm³/mol. The Labute approximate surface area is 166 Å². The Morgan fingerprint density at radius 1 is 0.893 bits per heavy atom. The highest BCUT2D eigenvalue weighted by atomic mass is 16.7. The lowest BCUT2D eigenvalue weighted by Crippen LogP contribution is -2.21. The summed E-state index contributed by atoms with van der Waals surface area (Å²) in [5, 5.41) is 0. The molecular weight excluding hydrogens is 348 g/mol. The Balaban J connectivity index is 1.68. The van der Waals surface area contributed by atoms with Crippen LogP contribution in [0.2, 0.25) is 0 Å². The van der Waals surface area contributed by atoms with Crippen LogP contribution in [0, 0.1) is 0 Å². The number of esters is 1. The molecule has 3 aromatic carbocycles. The third kappa shape index (κ3) is 5.58. The standard InChI is InChI=1S/C25H24O3/c1-19(25(26)28-20(2)27-24-15-7-4-8-16-24)17-22-13-9-10-14-23(22)18-21-11-5-3-6-12-21/h3-17,20H,18H2,1-2H3/b19-17+. The summed E-state index contributed by atoms with van der Waals surface area (Å²) in [6.45, 7) is 3.47. The number of carbonyl (C=O) groups excluding carboxylic acids is 1. The van der Waals surface area contributed by atoms with Crippen LogP contribution in [0.5, 0.6) is 5.75 Å². The van der Waals surface area contributed by atoms with Crippen LogP contribution in [0.25, 0.3) is 6.08 Å². The molecule has 0 fully saturated rings. The van der Waals surface area contributed by atoms with Crippen LogP contribution in [0.1, 0.15) is 30.5 Å². The lowest BCUT2D eigenvalue weighted by molar-refractivity contribution is -0.156. The van der Waals surface area contributed by atoms with Gasteiger partial charge in [-0.1, -0.05) is 72.8 Å². The Kier molecular flexibility index (Phi) is 6.64. The Morgan fingerprint density at radius 2 is 1.50 bits per heavy atom. The van der Waals surface area contributed by atoms with Crippen molar-refractivity contribution in [3.8, 4) is 5.75 Å². The van der Waals surface area contributed by atoms with Crippen molar-refractivity contribution in [1.29, 1.82) is 0 Å². The van der Waals surface area contributed by atoms with Crippen LogP contribution in [0.4, 0.5) is 0 Å². The average molecular weight is 372 g/mol. The van der Waals surface area contributed by atoms with E-state index < -0.39 is 12.3 Å². The Bertz CT molecular complexity index is 930. The van der Waals surface area contributed by atoms with Crippen LogP contribution >= 0.6 is 0 Å². The van der Waals surface area contributed by atoms with E-state index in [1.807, 2.05) is 72.8 Å². The van der Waals surface area contributed by atoms with Crippen molar-refractivity contribution in [2.75, 3.05) is 0 Å². The number of carbonyl (C=O) groups is 1. The molecule has 0 N–H and O–H groups in total. The van der Waals surface area contributed by atoms with Crippen LogP contribution in [0.15, 0.2) is 90.5 Å². The molecule has 1 unspecified atom stereocenters. The summed E-state index contributed by atoms with van der Waals surface area (Å²) >= 11 is 0. The molecule has 28 heavy (non-hydrogen) atoms. The summed E-state index contributed by atoms with van der Waals surface area (Å²) in [4.78, 5) is 12.4. The predicted octanol–water partition coefficient (Wildman–Crippen LogP) is 5.65. The van der Waals surface area contributed by atoms with Gasteiger partial charge in [0.2, 0.25) is 6.29 Å². The van der Waals surface area contributed by atoms with Gasteiger partial charge in [0, 0.05) is 12.5 Å². The summed E-state index contributed by atoms with van der Waals surface area (Å²) in [6.07, 6.45) is 2.01. The summed E-state index contributed by atoms with van der Waals surface area (Å²) in [6, 6.07) is 27.7. The summed E-state index contributed by atoms with van der Waals surface area (Å²) in [7, 11) is 0. The second-order valence-corrected chi connectivity index (χ2v) is 6.59. The normalized spacial score (nSPS) is 12.3. The summed E-state index contributed by atoms with van der Waals surface area (Å²) in [5.41, 5.74) is 3.93. The Hall–Kier alpha value is -3.33. The molecular formula is C25H24O3. The van der Waals surface area contributed by atoms with Gasteiger partial charge >= 0.3 is 5.97 Å². The van der Waals surface area contributed by atoms with Gasteiger partial charge in [-0.05, 0) is 48.2 Å². The highest BCUT2D eigenvalue weighted by Crippen LogP contribution is 2.18. The van der Waals surface area contributed by atoms with Crippen molar-refractivity contribution in [2.24, 2.45) is 0 Å². The van der Waals surface area contributed by atoms with Crippen LogP contribution in [-0.4, -0.2) is 12.3 Å². The first kappa shape index (κ1) is 19.4. The van der Waals surface area contributed by atoms with Gasteiger partial charge in [-0.3, -0.25) is 0 Å². The number of hydrogen-bond donors (Lipinski definition) is 0. The maximum Gasteiger partial charge on any atom is 0.336 e. The van der Waals surface area contributed by atoms with E-state index in [1.54, 1.807) is 13.8 Å². The van der Waals surface area contributed by atoms with Gasteiger partial charge in [0.1, 0.15) is 5.75 Å². The Morgan fingerprint density at radius 3 is 2.21 bits per heavy atom. The van der Waals surface area contributed by atoms with Gasteiger partial charge in [0.05, 0.1) is 0 Å². The first-order chi connectivity index (χ1) is 13.6. The minimum absolute atomic E-state index is 0.391. The fourth-order valence-electron chi connectivity index (χ4n) is 2.90. The van der Waals surface area contributed by atoms with E-state index in [9.17, 15) is 4.79 Å². The van der Waals surface area contributed by atoms with Crippen molar-refractivity contribution < 1.29 is 14.3 Å². The zero-order chi connectivity index (χ0) is 19.8. The zero-order valence-electron chi connectivity index (χ0n) is 16.2. The van der Waals surface area contributed by atoms with Crippen LogP contribution in [0.3, 0.4) is 0 Å². The topological polar surface area (TPSA) is 35.5 Å². The first-order valence-corrected chi connectivity index (χ1v) is 9.34. The van der Waals surface area contributed by atoms with Gasteiger partial charge in [-0.2, -0.15) is 0 Å². The fourth-order valence-corrected chi connectivity index (χ4v) is 2.90. The maximum atomic E-state index is 12.4. The molecule has 0 amide bonds. The third-order valence-electron chi connectivity index (χ3n) is 4.30. The van der Waals surface area contributed by atoms with E-state index in [2.05, 4.69) is 18.2 Å². The van der Waals surface area contributed by atoms with E-state index in [0.29, 0.717) is 11.3 Å². The number of rotatable bonds is 7. The van der Waals surface area contributed by atoms with E-state index in [4.69, 9.17) is 9.47 Å². The molecule has 0 spiro atoms. The highest BCUT2D eigenvalue weighted by molar-refractivity contribution is 5.93. The molecule has 1 atom stereocenters. The zero-order valence-corrected chi connectivity index (χ0v) is 16.2. The van der Waals surface area contributed by atoms with Crippen molar-refractivity contribution in [3.05, 3.63) is 107 Å². The highest BCUT2D eigenvalue weighted by Gasteiger charge is 2.13. The number of ether oxygens (including phenoxy) is 2. The molecule has 0 saturated heterocycles. The molecule has 142 valence electrons. The number of benzene rings is 3. The van der Waals surface area contributed by atoms with E-state index in [0.717, 1.165) is 17.5 Å². The summed E-state index contributed by atoms with van der Waals surface area (Å²) in [5.74, 6) is 0.274. The molecule has 3 rings (SSSR count). The van der Waals surface area contributed by atoms with Crippen molar-refractivity contribution in [1.82, 2.24) is 0 Å². The SMILES string of the molecule is C/C(=C\c1ccccc1Cc1ccccc1)C(=O)OC(C)Oc1ccccc1. The lowest BCUT2D eigenvalue weighted by atomic mass is 9.98. The second kappa shape index (κ2) is 9.56. The molecule has 0 aliphatic carbocycles. The second-order valence-electron chi connectivity index (χ2n) is 6.59. The molecule has 0 saturated carbocycles. The third-order valence-corrected chi connectivity index (χ3v) is 4.30. The molecule has 0 aliphatic heterocycles. The van der Waals surface area contributed by atoms with Gasteiger partial charge in [0.15, 0.2) is 0 Å². The van der Waals surface area contributed by atoms with E-state index >= 15 is 0 Å². The van der Waals surface area contributed by atoms with Crippen molar-refractivity contribution >= 4 is 12.0 Å². The molecule has 0 aliphatic rings. The largest absolute Gasteiger partial charge is 0.455 e. The molecule has 3 aromatic rings. The monoisotopic (exact) mass is 372 g/mol. The van der Waals surface area contributed by atoms with Gasteiger partial charge in [-0.15, -0.1) is 0 Å². The van der Waals surface area contributed by atoms with Crippen molar-refractivity contribution in [2.45, 2.75) is 26.6 Å². The molecule has 0 radical (unpaired) electrons. The molecule has 0 bridgehead atoms. The average Bonchev–Trinajstić information content (AvgIpc) is 2.71. The van der Waals surface area contributed by atoms with Gasteiger partial charge < -0.3 is 9.47 Å². The van der Waals surface area contributed by atoms with E-state index in [-0.39, 0.29) is 0 Å². The molecule has 3 heteroatoms. The van der Waals surface area contributed by atoms with Crippen molar-refractivity contribution in [3.63, 3.8) is 0 Å². The smallest absolute Gasteiger partial charge is 0.336 e. The minimum atomic E-state index is -0.669. The molecule has 0 heterocycles. The lowest BCUT2D eigenvalue weighted by Gasteiger charge is -2.15. The number of para-hydroxylation sites is 1. The fraction of sp³-hybridized carbons (Fsp3) is 0.160. The molecule has 3 nitrogen and oxygen atoms in total. The van der Waals surface area contributed by atoms with Crippen LogP contribution < -0.4 is 4.74 Å². The number of hydrogen-bond acceptors (Lipinski definition) is 3. The molecule has 0 aromatic heterocycles. The van der Waals surface area contributed by atoms with Gasteiger partial charge in [-0.25, -0.2) is 4.79 Å². The first-order valence-electron chi connectivity index (χ1n) is 9.34.